The smallest absolute Gasteiger partial charge is 0.228 e. The molecule has 2 amide bonds. The fraction of sp³-hybridized carbons (Fsp3) is 0.417. The second-order valence-electron chi connectivity index (χ2n) is 7.60. The van der Waals surface area contributed by atoms with Gasteiger partial charge in [0, 0.05) is 31.6 Å². The van der Waals surface area contributed by atoms with Crippen molar-refractivity contribution in [3.63, 3.8) is 0 Å². The number of hydrogen-bond acceptors (Lipinski definition) is 5. The summed E-state index contributed by atoms with van der Waals surface area (Å²) in [5.41, 5.74) is 1.63. The van der Waals surface area contributed by atoms with Gasteiger partial charge in [-0.05, 0) is 32.0 Å². The van der Waals surface area contributed by atoms with Crippen LogP contribution in [0.5, 0.6) is 17.2 Å². The lowest BCUT2D eigenvalue weighted by atomic mass is 10.1. The molecule has 31 heavy (non-hydrogen) atoms. The van der Waals surface area contributed by atoms with Crippen molar-refractivity contribution in [2.45, 2.75) is 26.8 Å². The number of hydrogen-bond donors (Lipinski definition) is 0. The molecule has 2 aliphatic heterocycles. The highest BCUT2D eigenvalue weighted by atomic mass is 16.6. The molecule has 1 fully saturated rings. The van der Waals surface area contributed by atoms with Gasteiger partial charge in [-0.3, -0.25) is 9.59 Å². The zero-order valence-electron chi connectivity index (χ0n) is 18.0. The molecule has 0 aliphatic carbocycles. The number of carbonyl (C=O) groups excluding carboxylic acids is 2. The summed E-state index contributed by atoms with van der Waals surface area (Å²) in [6.07, 6.45) is 0.197. The van der Waals surface area contributed by atoms with Crippen LogP contribution in [0.25, 0.3) is 0 Å². The summed E-state index contributed by atoms with van der Waals surface area (Å²) in [4.78, 5) is 29.5. The van der Waals surface area contributed by atoms with Crippen molar-refractivity contribution < 1.29 is 23.8 Å². The van der Waals surface area contributed by atoms with E-state index in [0.717, 1.165) is 11.3 Å². The lowest BCUT2D eigenvalue weighted by molar-refractivity contribution is -0.136. The second kappa shape index (κ2) is 9.29. The number of nitrogens with zero attached hydrogens (tertiary/aromatic N) is 2. The van der Waals surface area contributed by atoms with Gasteiger partial charge in [-0.1, -0.05) is 24.3 Å². The third-order valence-electron chi connectivity index (χ3n) is 5.63. The fourth-order valence-electron chi connectivity index (χ4n) is 4.13. The van der Waals surface area contributed by atoms with E-state index in [1.165, 1.54) is 0 Å². The number of amides is 2. The van der Waals surface area contributed by atoms with Crippen LogP contribution < -0.4 is 19.1 Å². The van der Waals surface area contributed by atoms with Gasteiger partial charge in [0.2, 0.25) is 11.8 Å². The molecular formula is C24H28N2O5. The molecule has 7 nitrogen and oxygen atoms in total. The van der Waals surface area contributed by atoms with Crippen molar-refractivity contribution in [3.05, 3.63) is 48.0 Å². The molecule has 4 rings (SSSR count). The van der Waals surface area contributed by atoms with Crippen molar-refractivity contribution in [1.29, 1.82) is 0 Å². The minimum absolute atomic E-state index is 0.0263. The van der Waals surface area contributed by atoms with E-state index in [1.54, 1.807) is 9.80 Å². The first kappa shape index (κ1) is 21.0. The van der Waals surface area contributed by atoms with E-state index in [4.69, 9.17) is 14.2 Å². The Hall–Kier alpha value is -3.22. The van der Waals surface area contributed by atoms with E-state index in [2.05, 4.69) is 0 Å². The van der Waals surface area contributed by atoms with Gasteiger partial charge in [0.25, 0.3) is 0 Å². The van der Waals surface area contributed by atoms with Crippen molar-refractivity contribution in [1.82, 2.24) is 4.90 Å². The first-order valence-corrected chi connectivity index (χ1v) is 10.8. The standard InChI is InChI=1S/C24H28N2O5/c1-3-25(15-17-8-7-11-21-23(17)31-13-12-30-21)24(28)18-14-22(27)26(16-18)19-9-5-6-10-20(19)29-4-2/h5-11,18H,3-4,12-16H2,1-2H3. The van der Waals surface area contributed by atoms with Gasteiger partial charge in [0.15, 0.2) is 11.5 Å². The number of benzene rings is 2. The topological polar surface area (TPSA) is 68.3 Å². The zero-order chi connectivity index (χ0) is 21.8. The fourth-order valence-corrected chi connectivity index (χ4v) is 4.13. The molecule has 2 aromatic rings. The summed E-state index contributed by atoms with van der Waals surface area (Å²) in [5, 5.41) is 0. The normalized spacial score (nSPS) is 17.5. The lowest BCUT2D eigenvalue weighted by Gasteiger charge is -2.27. The van der Waals surface area contributed by atoms with Crippen LogP contribution in [-0.2, 0) is 16.1 Å². The maximum Gasteiger partial charge on any atom is 0.228 e. The summed E-state index contributed by atoms with van der Waals surface area (Å²) >= 11 is 0. The van der Waals surface area contributed by atoms with Crippen LogP contribution in [0.2, 0.25) is 0 Å². The van der Waals surface area contributed by atoms with Crippen molar-refractivity contribution in [3.8, 4) is 17.2 Å². The highest BCUT2D eigenvalue weighted by molar-refractivity contribution is 6.01. The molecule has 1 unspecified atom stereocenters. The number of anilines is 1. The number of rotatable bonds is 7. The first-order chi connectivity index (χ1) is 15.1. The Kier molecular flexibility index (Phi) is 6.30. The van der Waals surface area contributed by atoms with E-state index >= 15 is 0 Å². The Labute approximate surface area is 182 Å². The van der Waals surface area contributed by atoms with Crippen LogP contribution in [0.3, 0.4) is 0 Å². The van der Waals surface area contributed by atoms with Crippen LogP contribution in [0.4, 0.5) is 5.69 Å². The lowest BCUT2D eigenvalue weighted by Crippen LogP contribution is -2.37. The van der Waals surface area contributed by atoms with Crippen LogP contribution in [0, 0.1) is 5.92 Å². The van der Waals surface area contributed by atoms with Crippen molar-refractivity contribution in [2.75, 3.05) is 37.8 Å². The first-order valence-electron chi connectivity index (χ1n) is 10.8. The molecule has 1 atom stereocenters. The average Bonchev–Trinajstić information content (AvgIpc) is 3.19. The van der Waals surface area contributed by atoms with Crippen LogP contribution in [0.1, 0.15) is 25.8 Å². The summed E-state index contributed by atoms with van der Waals surface area (Å²) in [5.74, 6) is 1.60. The monoisotopic (exact) mass is 424 g/mol. The molecule has 164 valence electrons. The van der Waals surface area contributed by atoms with E-state index in [1.807, 2.05) is 56.3 Å². The molecule has 2 aromatic carbocycles. The Balaban J connectivity index is 1.50. The van der Waals surface area contributed by atoms with E-state index in [-0.39, 0.29) is 24.2 Å². The van der Waals surface area contributed by atoms with Crippen molar-refractivity contribution in [2.24, 2.45) is 5.92 Å². The van der Waals surface area contributed by atoms with Crippen LogP contribution in [-0.4, -0.2) is 49.6 Å². The highest BCUT2D eigenvalue weighted by Gasteiger charge is 2.38. The predicted molar refractivity (Wildman–Crippen MR) is 117 cm³/mol. The van der Waals surface area contributed by atoms with Gasteiger partial charge >= 0.3 is 0 Å². The molecule has 0 bridgehead atoms. The Bertz CT molecular complexity index is 961. The third-order valence-corrected chi connectivity index (χ3v) is 5.63. The number of ether oxygens (including phenoxy) is 3. The summed E-state index contributed by atoms with van der Waals surface area (Å²) < 4.78 is 17.1. The average molecular weight is 424 g/mol. The predicted octanol–water partition coefficient (Wildman–Crippen LogP) is 3.26. The van der Waals surface area contributed by atoms with Gasteiger partial charge in [-0.15, -0.1) is 0 Å². The Morgan fingerprint density at radius 1 is 1.13 bits per heavy atom. The summed E-state index contributed by atoms with van der Waals surface area (Å²) in [6.45, 7) is 6.70. The third kappa shape index (κ3) is 4.31. The minimum atomic E-state index is -0.390. The minimum Gasteiger partial charge on any atom is -0.492 e. The molecule has 0 radical (unpaired) electrons. The maximum absolute atomic E-state index is 13.3. The van der Waals surface area contributed by atoms with E-state index < -0.39 is 0 Å². The molecule has 2 heterocycles. The molecule has 2 aliphatic rings. The van der Waals surface area contributed by atoms with E-state index in [0.29, 0.717) is 56.7 Å². The van der Waals surface area contributed by atoms with Gasteiger partial charge < -0.3 is 24.0 Å². The molecular weight excluding hydrogens is 396 g/mol. The quantitative estimate of drug-likeness (QED) is 0.683. The largest absolute Gasteiger partial charge is 0.492 e. The van der Waals surface area contributed by atoms with Gasteiger partial charge in [0.1, 0.15) is 19.0 Å². The molecule has 1 saturated heterocycles. The van der Waals surface area contributed by atoms with Crippen LogP contribution >= 0.6 is 0 Å². The van der Waals surface area contributed by atoms with Crippen molar-refractivity contribution >= 4 is 17.5 Å². The maximum atomic E-state index is 13.3. The van der Waals surface area contributed by atoms with Gasteiger partial charge in [-0.25, -0.2) is 0 Å². The molecule has 0 saturated carbocycles. The van der Waals surface area contributed by atoms with E-state index in [9.17, 15) is 9.59 Å². The van der Waals surface area contributed by atoms with Gasteiger partial charge in [-0.2, -0.15) is 0 Å². The Morgan fingerprint density at radius 3 is 2.74 bits per heavy atom. The van der Waals surface area contributed by atoms with Crippen LogP contribution in [0.15, 0.2) is 42.5 Å². The zero-order valence-corrected chi connectivity index (χ0v) is 18.0. The molecule has 0 N–H and O–H groups in total. The SMILES string of the molecule is CCOc1ccccc1N1CC(C(=O)N(CC)Cc2cccc3c2OCCO3)CC1=O. The Morgan fingerprint density at radius 2 is 1.94 bits per heavy atom. The number of fused-ring (bicyclic) bond motifs is 1. The number of carbonyl (C=O) groups is 2. The number of para-hydroxylation sites is 3. The molecule has 0 spiro atoms. The summed E-state index contributed by atoms with van der Waals surface area (Å²) in [7, 11) is 0. The molecule has 7 heteroatoms. The second-order valence-corrected chi connectivity index (χ2v) is 7.60. The molecule has 0 aromatic heterocycles. The summed E-state index contributed by atoms with van der Waals surface area (Å²) in [6, 6.07) is 13.2. The van der Waals surface area contributed by atoms with Gasteiger partial charge in [0.05, 0.1) is 18.2 Å². The highest BCUT2D eigenvalue weighted by Crippen LogP contribution is 2.36.